The molecule has 2 N–H and O–H groups in total. The Bertz CT molecular complexity index is 595. The second-order valence-electron chi connectivity index (χ2n) is 5.11. The number of anilines is 1. The number of benzene rings is 1. The van der Waals surface area contributed by atoms with E-state index in [9.17, 15) is 19.5 Å². The summed E-state index contributed by atoms with van der Waals surface area (Å²) in [6.07, 6.45) is -2.45. The zero-order valence-corrected chi connectivity index (χ0v) is 13.3. The van der Waals surface area contributed by atoms with Crippen molar-refractivity contribution in [2.75, 3.05) is 5.32 Å². The molecule has 1 aromatic carbocycles. The summed E-state index contributed by atoms with van der Waals surface area (Å²) in [5, 5.41) is 11.6. The van der Waals surface area contributed by atoms with Gasteiger partial charge in [0.05, 0.1) is 12.2 Å². The molecule has 0 saturated heterocycles. The molecule has 0 spiro atoms. The number of carbonyl (C=O) groups excluding carboxylic acids is 2. The first-order valence-corrected chi connectivity index (χ1v) is 6.92. The zero-order valence-electron chi connectivity index (χ0n) is 13.3. The summed E-state index contributed by atoms with van der Waals surface area (Å²) in [5.41, 5.74) is -0.106. The first kappa shape index (κ1) is 18.3. The molecule has 1 aromatic rings. The molecule has 0 fully saturated rings. The second-order valence-corrected chi connectivity index (χ2v) is 5.11. The van der Waals surface area contributed by atoms with Crippen LogP contribution in [-0.2, 0) is 9.47 Å². The van der Waals surface area contributed by atoms with Crippen LogP contribution in [0, 0.1) is 0 Å². The molecule has 0 heterocycles. The number of aromatic carboxylic acids is 1. The third kappa shape index (κ3) is 6.25. The van der Waals surface area contributed by atoms with Gasteiger partial charge >= 0.3 is 18.2 Å². The van der Waals surface area contributed by atoms with Gasteiger partial charge in [-0.15, -0.1) is 0 Å². The topological polar surface area (TPSA) is 111 Å². The molecule has 1 amide bonds. The molecular formula is C15H19NO7. The van der Waals surface area contributed by atoms with Crippen molar-refractivity contribution in [1.82, 2.24) is 0 Å². The average molecular weight is 325 g/mol. The van der Waals surface area contributed by atoms with Gasteiger partial charge in [0.15, 0.2) is 0 Å². The lowest BCUT2D eigenvalue weighted by molar-refractivity contribution is 0.0669. The molecular weight excluding hydrogens is 306 g/mol. The predicted octanol–water partition coefficient (Wildman–Crippen LogP) is 3.27. The molecule has 0 bridgehead atoms. The van der Waals surface area contributed by atoms with Crippen LogP contribution < -0.4 is 10.1 Å². The number of nitrogens with one attached hydrogen (secondary N) is 1. The summed E-state index contributed by atoms with van der Waals surface area (Å²) in [6.45, 7) is 6.62. The number of carbonyl (C=O) groups is 3. The minimum absolute atomic E-state index is 0.189. The van der Waals surface area contributed by atoms with Crippen LogP contribution in [0.25, 0.3) is 0 Å². The van der Waals surface area contributed by atoms with E-state index in [1.807, 2.05) is 0 Å². The maximum atomic E-state index is 11.5. The Morgan fingerprint density at radius 2 is 1.65 bits per heavy atom. The normalized spacial score (nSPS) is 10.3. The van der Waals surface area contributed by atoms with Gasteiger partial charge in [-0.25, -0.2) is 14.4 Å². The molecule has 0 saturated carbocycles. The van der Waals surface area contributed by atoms with Gasteiger partial charge in [-0.05, 0) is 45.9 Å². The van der Waals surface area contributed by atoms with Crippen LogP contribution >= 0.6 is 0 Å². The van der Waals surface area contributed by atoms with Crippen LogP contribution in [-0.4, -0.2) is 35.5 Å². The van der Waals surface area contributed by atoms with Gasteiger partial charge in [-0.1, -0.05) is 0 Å². The van der Waals surface area contributed by atoms with E-state index in [2.05, 4.69) is 5.32 Å². The summed E-state index contributed by atoms with van der Waals surface area (Å²) in [4.78, 5) is 34.2. The SMILES string of the molecule is CC(C)OC(=O)Nc1ccc(OC(=O)OC(C)C)c(C(=O)O)c1. The number of hydrogen-bond acceptors (Lipinski definition) is 6. The highest BCUT2D eigenvalue weighted by Gasteiger charge is 2.18. The molecule has 23 heavy (non-hydrogen) atoms. The Labute approximate surface area is 133 Å². The number of hydrogen-bond donors (Lipinski definition) is 2. The molecule has 0 radical (unpaired) electrons. The van der Waals surface area contributed by atoms with Crippen molar-refractivity contribution in [3.05, 3.63) is 23.8 Å². The highest BCUT2D eigenvalue weighted by Crippen LogP contribution is 2.24. The first-order valence-electron chi connectivity index (χ1n) is 6.92. The highest BCUT2D eigenvalue weighted by molar-refractivity contribution is 5.94. The summed E-state index contributed by atoms with van der Waals surface area (Å²) in [6, 6.07) is 3.78. The van der Waals surface area contributed by atoms with E-state index >= 15 is 0 Å². The molecule has 126 valence electrons. The fourth-order valence-corrected chi connectivity index (χ4v) is 1.53. The number of rotatable bonds is 5. The maximum Gasteiger partial charge on any atom is 0.514 e. The Hall–Kier alpha value is -2.77. The largest absolute Gasteiger partial charge is 0.514 e. The van der Waals surface area contributed by atoms with Crippen LogP contribution in [0.15, 0.2) is 18.2 Å². The van der Waals surface area contributed by atoms with E-state index < -0.39 is 24.3 Å². The third-order valence-corrected chi connectivity index (χ3v) is 2.32. The molecule has 0 aliphatic rings. The second kappa shape index (κ2) is 8.02. The highest BCUT2D eigenvalue weighted by atomic mass is 16.7. The van der Waals surface area contributed by atoms with Gasteiger partial charge in [0.25, 0.3) is 0 Å². The van der Waals surface area contributed by atoms with E-state index in [0.29, 0.717) is 0 Å². The first-order chi connectivity index (χ1) is 10.7. The van der Waals surface area contributed by atoms with E-state index in [4.69, 9.17) is 14.2 Å². The van der Waals surface area contributed by atoms with Gasteiger partial charge in [0.1, 0.15) is 11.3 Å². The minimum Gasteiger partial charge on any atom is -0.478 e. The molecule has 0 atom stereocenters. The van der Waals surface area contributed by atoms with Crippen LogP contribution in [0.4, 0.5) is 15.3 Å². The predicted molar refractivity (Wildman–Crippen MR) is 80.9 cm³/mol. The fraction of sp³-hybridized carbons (Fsp3) is 0.400. The van der Waals surface area contributed by atoms with Crippen LogP contribution in [0.3, 0.4) is 0 Å². The molecule has 8 heteroatoms. The van der Waals surface area contributed by atoms with Crippen molar-refractivity contribution in [2.45, 2.75) is 39.9 Å². The van der Waals surface area contributed by atoms with Crippen molar-refractivity contribution >= 4 is 23.9 Å². The molecule has 1 rings (SSSR count). The molecule has 0 aromatic heterocycles. The monoisotopic (exact) mass is 325 g/mol. The minimum atomic E-state index is -1.32. The number of ether oxygens (including phenoxy) is 3. The van der Waals surface area contributed by atoms with E-state index in [1.165, 1.54) is 12.1 Å². The number of carboxylic acids is 1. The van der Waals surface area contributed by atoms with Crippen molar-refractivity contribution in [2.24, 2.45) is 0 Å². The van der Waals surface area contributed by atoms with Gasteiger partial charge < -0.3 is 19.3 Å². The van der Waals surface area contributed by atoms with Crippen LogP contribution in [0.5, 0.6) is 5.75 Å². The van der Waals surface area contributed by atoms with Crippen LogP contribution in [0.1, 0.15) is 38.1 Å². The lowest BCUT2D eigenvalue weighted by Crippen LogP contribution is -2.19. The Kier molecular flexibility index (Phi) is 6.37. The van der Waals surface area contributed by atoms with Gasteiger partial charge in [-0.3, -0.25) is 5.32 Å². The third-order valence-electron chi connectivity index (χ3n) is 2.32. The van der Waals surface area contributed by atoms with Crippen molar-refractivity contribution in [3.63, 3.8) is 0 Å². The van der Waals surface area contributed by atoms with Gasteiger partial charge in [-0.2, -0.15) is 0 Å². The standard InChI is InChI=1S/C15H19NO7/c1-8(2)21-14(19)16-10-5-6-12(11(7-10)13(17)18)23-15(20)22-9(3)4/h5-9H,1-4H3,(H,16,19)(H,17,18). The maximum absolute atomic E-state index is 11.5. The fourth-order valence-electron chi connectivity index (χ4n) is 1.53. The van der Waals surface area contributed by atoms with E-state index in [0.717, 1.165) is 6.07 Å². The van der Waals surface area contributed by atoms with Crippen LogP contribution in [0.2, 0.25) is 0 Å². The summed E-state index contributed by atoms with van der Waals surface area (Å²) in [7, 11) is 0. The lowest BCUT2D eigenvalue weighted by Gasteiger charge is -2.12. The smallest absolute Gasteiger partial charge is 0.478 e. The summed E-state index contributed by atoms with van der Waals surface area (Å²) >= 11 is 0. The van der Waals surface area contributed by atoms with Crippen molar-refractivity contribution in [1.29, 1.82) is 0 Å². The molecule has 8 nitrogen and oxygen atoms in total. The van der Waals surface area contributed by atoms with Gasteiger partial charge in [0.2, 0.25) is 0 Å². The van der Waals surface area contributed by atoms with Crippen molar-refractivity contribution in [3.8, 4) is 5.75 Å². The Balaban J connectivity index is 2.92. The summed E-state index contributed by atoms with van der Waals surface area (Å²) in [5.74, 6) is -1.51. The molecule has 0 unspecified atom stereocenters. The summed E-state index contributed by atoms with van der Waals surface area (Å²) < 4.78 is 14.5. The average Bonchev–Trinajstić information content (AvgIpc) is 2.38. The molecule has 0 aliphatic carbocycles. The number of amides is 1. The van der Waals surface area contributed by atoms with Crippen molar-refractivity contribution < 1.29 is 33.7 Å². The van der Waals surface area contributed by atoms with Gasteiger partial charge in [0, 0.05) is 5.69 Å². The molecule has 0 aliphatic heterocycles. The lowest BCUT2D eigenvalue weighted by atomic mass is 10.2. The van der Waals surface area contributed by atoms with E-state index in [-0.39, 0.29) is 23.1 Å². The zero-order chi connectivity index (χ0) is 17.6. The Morgan fingerprint density at radius 1 is 1.04 bits per heavy atom. The quantitative estimate of drug-likeness (QED) is 0.631. The van der Waals surface area contributed by atoms with E-state index in [1.54, 1.807) is 27.7 Å². The Morgan fingerprint density at radius 3 is 2.17 bits per heavy atom. The number of carboxylic acid groups (broad SMARTS) is 1.